The molecule has 1 fully saturated rings. The summed E-state index contributed by atoms with van der Waals surface area (Å²) in [5.41, 5.74) is 2.93. The van der Waals surface area contributed by atoms with Crippen LogP contribution in [0.5, 0.6) is 0 Å². The maximum absolute atomic E-state index is 12.4. The highest BCUT2D eigenvalue weighted by Gasteiger charge is 2.30. The number of likely N-dealkylation sites (N-methyl/N-ethyl adjacent to an activating group) is 1. The number of rotatable bonds is 6. The maximum Gasteiger partial charge on any atom is 0.258 e. The van der Waals surface area contributed by atoms with Gasteiger partial charge in [0.2, 0.25) is 0 Å². The van der Waals surface area contributed by atoms with Gasteiger partial charge in [-0.1, -0.05) is 43.3 Å². The first-order chi connectivity index (χ1) is 13.7. The first-order valence-corrected chi connectivity index (χ1v) is 10.2. The van der Waals surface area contributed by atoms with Crippen LogP contribution in [-0.4, -0.2) is 44.9 Å². The number of fused-ring (bicyclic) bond motifs is 1. The number of benzene rings is 1. The highest BCUT2D eigenvalue weighted by Crippen LogP contribution is 2.27. The Hall–Kier alpha value is -2.50. The Morgan fingerprint density at radius 1 is 1.18 bits per heavy atom. The van der Waals surface area contributed by atoms with E-state index in [-0.39, 0.29) is 5.56 Å². The fourth-order valence-electron chi connectivity index (χ4n) is 4.25. The summed E-state index contributed by atoms with van der Waals surface area (Å²) < 4.78 is 1.60. The molecule has 3 heterocycles. The van der Waals surface area contributed by atoms with Crippen LogP contribution < -0.4 is 5.56 Å². The van der Waals surface area contributed by atoms with Crippen LogP contribution >= 0.6 is 0 Å². The van der Waals surface area contributed by atoms with Gasteiger partial charge in [0.05, 0.1) is 5.69 Å². The van der Waals surface area contributed by atoms with Crippen LogP contribution in [-0.2, 0) is 6.54 Å². The number of likely N-dealkylation sites (tertiary alicyclic amines) is 1. The average Bonchev–Trinajstić information content (AvgIpc) is 3.22. The van der Waals surface area contributed by atoms with E-state index >= 15 is 0 Å². The minimum Gasteiger partial charge on any atom is -0.295 e. The molecule has 28 heavy (non-hydrogen) atoms. The molecular formula is C23H28N4O. The summed E-state index contributed by atoms with van der Waals surface area (Å²) >= 11 is 0. The standard InChI is InChI=1S/C23H28N4O/c1-3-25(16-20-15-23(28)27-13-8-7-11-22(27)24-20)21-12-14-26(17-21)18(2)19-9-5-4-6-10-19/h4-11,13,15,18,21H,3,12,14,16-17H2,1-2H3/t18-,21+/m1/s1. The molecular weight excluding hydrogens is 348 g/mol. The number of aromatic nitrogens is 2. The van der Waals surface area contributed by atoms with E-state index in [1.807, 2.05) is 18.2 Å². The van der Waals surface area contributed by atoms with Crippen LogP contribution in [0, 0.1) is 0 Å². The van der Waals surface area contributed by atoms with Crippen molar-refractivity contribution >= 4 is 5.65 Å². The Morgan fingerprint density at radius 2 is 1.96 bits per heavy atom. The van der Waals surface area contributed by atoms with Crippen molar-refractivity contribution in [1.82, 2.24) is 19.2 Å². The summed E-state index contributed by atoms with van der Waals surface area (Å²) in [4.78, 5) is 22.1. The molecule has 1 aliphatic rings. The summed E-state index contributed by atoms with van der Waals surface area (Å²) in [5.74, 6) is 0. The third kappa shape index (κ3) is 3.86. The fraction of sp³-hybridized carbons (Fsp3) is 0.391. The SMILES string of the molecule is CCN(Cc1cc(=O)n2ccccc2n1)[C@H]1CCN([C@H](C)c2ccccc2)C1. The van der Waals surface area contributed by atoms with E-state index in [1.165, 1.54) is 5.56 Å². The lowest BCUT2D eigenvalue weighted by Gasteiger charge is -2.29. The summed E-state index contributed by atoms with van der Waals surface area (Å²) in [7, 11) is 0. The Morgan fingerprint density at radius 3 is 2.75 bits per heavy atom. The molecule has 5 heteroatoms. The second kappa shape index (κ2) is 8.25. The third-order valence-electron chi connectivity index (χ3n) is 5.94. The molecule has 0 aliphatic carbocycles. The third-order valence-corrected chi connectivity index (χ3v) is 5.94. The van der Waals surface area contributed by atoms with E-state index < -0.39 is 0 Å². The van der Waals surface area contributed by atoms with Gasteiger partial charge < -0.3 is 0 Å². The second-order valence-corrected chi connectivity index (χ2v) is 7.60. The number of pyridine rings is 1. The molecule has 5 nitrogen and oxygen atoms in total. The Balaban J connectivity index is 1.47. The van der Waals surface area contributed by atoms with Gasteiger partial charge in [0, 0.05) is 44.0 Å². The van der Waals surface area contributed by atoms with Crippen molar-refractivity contribution in [1.29, 1.82) is 0 Å². The molecule has 0 spiro atoms. The zero-order chi connectivity index (χ0) is 19.5. The summed E-state index contributed by atoms with van der Waals surface area (Å²) in [6.45, 7) is 8.31. The Bertz CT molecular complexity index is 985. The lowest BCUT2D eigenvalue weighted by molar-refractivity contribution is 0.178. The van der Waals surface area contributed by atoms with Crippen LogP contribution in [0.3, 0.4) is 0 Å². The molecule has 1 saturated heterocycles. The van der Waals surface area contributed by atoms with Crippen LogP contribution in [0.25, 0.3) is 5.65 Å². The minimum absolute atomic E-state index is 0.0117. The highest BCUT2D eigenvalue weighted by atomic mass is 16.1. The van der Waals surface area contributed by atoms with E-state index in [1.54, 1.807) is 16.7 Å². The molecule has 3 aromatic rings. The lowest BCUT2D eigenvalue weighted by Crippen LogP contribution is -2.38. The Labute approximate surface area is 166 Å². The lowest BCUT2D eigenvalue weighted by atomic mass is 10.1. The topological polar surface area (TPSA) is 40.9 Å². The van der Waals surface area contributed by atoms with Crippen LogP contribution in [0.1, 0.15) is 37.6 Å². The highest BCUT2D eigenvalue weighted by molar-refractivity contribution is 5.38. The van der Waals surface area contributed by atoms with Gasteiger partial charge in [-0.05, 0) is 37.6 Å². The largest absolute Gasteiger partial charge is 0.295 e. The smallest absolute Gasteiger partial charge is 0.258 e. The molecule has 1 aromatic carbocycles. The monoisotopic (exact) mass is 376 g/mol. The zero-order valence-corrected chi connectivity index (χ0v) is 16.7. The molecule has 0 unspecified atom stereocenters. The molecule has 0 radical (unpaired) electrons. The van der Waals surface area contributed by atoms with Crippen LogP contribution in [0.2, 0.25) is 0 Å². The van der Waals surface area contributed by atoms with Crippen molar-refractivity contribution < 1.29 is 0 Å². The normalized spacial score (nSPS) is 18.8. The van der Waals surface area contributed by atoms with Gasteiger partial charge in [0.25, 0.3) is 5.56 Å². The molecule has 0 saturated carbocycles. The first kappa shape index (κ1) is 18.8. The van der Waals surface area contributed by atoms with Crippen molar-refractivity contribution in [3.05, 3.63) is 82.4 Å². The van der Waals surface area contributed by atoms with Gasteiger partial charge >= 0.3 is 0 Å². The molecule has 1 aliphatic heterocycles. The maximum atomic E-state index is 12.4. The zero-order valence-electron chi connectivity index (χ0n) is 16.7. The van der Waals surface area contributed by atoms with Gasteiger partial charge in [-0.2, -0.15) is 0 Å². The van der Waals surface area contributed by atoms with Crippen LogP contribution in [0.15, 0.2) is 65.6 Å². The second-order valence-electron chi connectivity index (χ2n) is 7.60. The molecule has 4 rings (SSSR count). The van der Waals surface area contributed by atoms with E-state index in [0.29, 0.717) is 17.7 Å². The molecule has 0 bridgehead atoms. The van der Waals surface area contributed by atoms with Crippen molar-refractivity contribution in [3.63, 3.8) is 0 Å². The average molecular weight is 377 g/mol. The minimum atomic E-state index is -0.0117. The van der Waals surface area contributed by atoms with Gasteiger partial charge in [-0.15, -0.1) is 0 Å². The van der Waals surface area contributed by atoms with E-state index in [2.05, 4.69) is 54.0 Å². The number of hydrogen-bond donors (Lipinski definition) is 0. The van der Waals surface area contributed by atoms with Gasteiger partial charge in [0.1, 0.15) is 5.65 Å². The molecule has 0 amide bonds. The van der Waals surface area contributed by atoms with Crippen molar-refractivity contribution in [2.75, 3.05) is 19.6 Å². The van der Waals surface area contributed by atoms with Gasteiger partial charge in [0.15, 0.2) is 0 Å². The molecule has 2 aromatic heterocycles. The summed E-state index contributed by atoms with van der Waals surface area (Å²) in [6, 6.07) is 19.0. The molecule has 146 valence electrons. The van der Waals surface area contributed by atoms with E-state index in [0.717, 1.165) is 38.3 Å². The quantitative estimate of drug-likeness (QED) is 0.662. The van der Waals surface area contributed by atoms with Gasteiger partial charge in [-0.25, -0.2) is 4.98 Å². The summed E-state index contributed by atoms with van der Waals surface area (Å²) in [6.07, 6.45) is 2.92. The van der Waals surface area contributed by atoms with E-state index in [9.17, 15) is 4.79 Å². The van der Waals surface area contributed by atoms with Crippen molar-refractivity contribution in [2.45, 2.75) is 38.9 Å². The predicted octanol–water partition coefficient (Wildman–Crippen LogP) is 3.35. The molecule has 2 atom stereocenters. The van der Waals surface area contributed by atoms with Crippen molar-refractivity contribution in [3.8, 4) is 0 Å². The summed E-state index contributed by atoms with van der Waals surface area (Å²) in [5, 5.41) is 0. The molecule has 0 N–H and O–H groups in total. The first-order valence-electron chi connectivity index (χ1n) is 10.2. The van der Waals surface area contributed by atoms with Gasteiger partial charge in [-0.3, -0.25) is 19.0 Å². The van der Waals surface area contributed by atoms with Crippen LogP contribution in [0.4, 0.5) is 0 Å². The number of nitrogens with zero attached hydrogens (tertiary/aromatic N) is 4. The fourth-order valence-corrected chi connectivity index (χ4v) is 4.25. The number of hydrogen-bond acceptors (Lipinski definition) is 4. The van der Waals surface area contributed by atoms with E-state index in [4.69, 9.17) is 4.98 Å². The predicted molar refractivity (Wildman–Crippen MR) is 112 cm³/mol. The Kier molecular flexibility index (Phi) is 5.55. The van der Waals surface area contributed by atoms with Crippen molar-refractivity contribution in [2.24, 2.45) is 0 Å².